The molecule has 0 spiro atoms. The number of rotatable bonds is 4. The highest BCUT2D eigenvalue weighted by atomic mass is 32.2. The van der Waals surface area contributed by atoms with E-state index in [1.54, 1.807) is 18.1 Å². The van der Waals surface area contributed by atoms with Gasteiger partial charge in [-0.25, -0.2) is 8.42 Å². The van der Waals surface area contributed by atoms with Gasteiger partial charge in [0.1, 0.15) is 11.4 Å². The lowest BCUT2D eigenvalue weighted by Crippen LogP contribution is -2.33. The van der Waals surface area contributed by atoms with Gasteiger partial charge in [0.25, 0.3) is 5.91 Å². The molecule has 0 saturated carbocycles. The molecule has 0 aliphatic carbocycles. The lowest BCUT2D eigenvalue weighted by Gasteiger charge is -2.19. The Hall–Kier alpha value is -3.13. The zero-order chi connectivity index (χ0) is 21.1. The number of nitrogens with zero attached hydrogens (tertiary/aromatic N) is 2. The van der Waals surface area contributed by atoms with Crippen molar-refractivity contribution < 1.29 is 17.9 Å². The summed E-state index contributed by atoms with van der Waals surface area (Å²) in [7, 11) is -1.76. The third-order valence-electron chi connectivity index (χ3n) is 5.39. The van der Waals surface area contributed by atoms with Crippen molar-refractivity contribution >= 4 is 15.7 Å². The summed E-state index contributed by atoms with van der Waals surface area (Å²) >= 11 is 0. The summed E-state index contributed by atoms with van der Waals surface area (Å²) in [5.41, 5.74) is 2.47. The molecule has 1 N–H and O–H groups in total. The number of nitrogens with one attached hydrogen (secondary N) is 1. The monoisotopic (exact) mass is 425 g/mol. The first-order chi connectivity index (χ1) is 14.5. The van der Waals surface area contributed by atoms with E-state index in [1.165, 1.54) is 0 Å². The highest BCUT2D eigenvalue weighted by Crippen LogP contribution is 2.31. The lowest BCUT2D eigenvalue weighted by atomic mass is 10.1. The van der Waals surface area contributed by atoms with Gasteiger partial charge in [0.15, 0.2) is 9.84 Å². The van der Waals surface area contributed by atoms with Crippen LogP contribution in [0.4, 0.5) is 0 Å². The van der Waals surface area contributed by atoms with E-state index in [9.17, 15) is 13.2 Å². The van der Waals surface area contributed by atoms with Crippen LogP contribution >= 0.6 is 0 Å². The van der Waals surface area contributed by atoms with Crippen LogP contribution in [0, 0.1) is 0 Å². The predicted octanol–water partition coefficient (Wildman–Crippen LogP) is 3.09. The number of aromatic amines is 1. The first-order valence-electron chi connectivity index (χ1n) is 9.74. The normalized spacial score (nSPS) is 18.6. The zero-order valence-corrected chi connectivity index (χ0v) is 17.4. The minimum atomic E-state index is -3.34. The summed E-state index contributed by atoms with van der Waals surface area (Å²) in [6.45, 7) is 0.522. The van der Waals surface area contributed by atoms with Crippen LogP contribution < -0.4 is 4.74 Å². The van der Waals surface area contributed by atoms with Crippen molar-refractivity contribution in [2.24, 2.45) is 0 Å². The van der Waals surface area contributed by atoms with Gasteiger partial charge in [0, 0.05) is 18.7 Å². The molecule has 30 heavy (non-hydrogen) atoms. The molecule has 156 valence electrons. The van der Waals surface area contributed by atoms with E-state index in [2.05, 4.69) is 10.2 Å². The number of carbonyl (C=O) groups excluding carboxylic acids is 1. The number of methoxy groups -OCH3 is 1. The fourth-order valence-corrected chi connectivity index (χ4v) is 5.58. The van der Waals surface area contributed by atoms with Gasteiger partial charge < -0.3 is 9.64 Å². The number of aromatic nitrogens is 2. The van der Waals surface area contributed by atoms with Crippen LogP contribution in [0.2, 0.25) is 0 Å². The molecule has 1 aliphatic heterocycles. The Morgan fingerprint density at radius 2 is 1.83 bits per heavy atom. The van der Waals surface area contributed by atoms with Gasteiger partial charge in [-0.1, -0.05) is 42.5 Å². The molecular weight excluding hydrogens is 402 g/mol. The van der Waals surface area contributed by atoms with E-state index in [1.807, 2.05) is 54.6 Å². The number of hydrogen-bond donors (Lipinski definition) is 1. The third-order valence-corrected chi connectivity index (χ3v) is 7.52. The number of amides is 1. The number of H-pyrrole nitrogens is 1. The fraction of sp³-hybridized carbons (Fsp3) is 0.273. The summed E-state index contributed by atoms with van der Waals surface area (Å²) in [6.07, 6.45) is 0.367. The first-order valence-corrected chi connectivity index (χ1v) is 11.5. The van der Waals surface area contributed by atoms with Crippen molar-refractivity contribution in [2.75, 3.05) is 26.0 Å². The van der Waals surface area contributed by atoms with Gasteiger partial charge in [-0.3, -0.25) is 9.89 Å². The predicted molar refractivity (Wildman–Crippen MR) is 114 cm³/mol. The molecule has 1 atom stereocenters. The summed E-state index contributed by atoms with van der Waals surface area (Å²) in [5.74, 6) is 0.341. The molecule has 2 aromatic carbocycles. The lowest BCUT2D eigenvalue weighted by molar-refractivity contribution is 0.0760. The number of hydrogen-bond acceptors (Lipinski definition) is 5. The SMILES string of the molecule is COc1ccccc1-c1cc(C(=O)N2CCC(c3ccccc3)S(=O)(=O)CC2)[nH]n1. The van der Waals surface area contributed by atoms with Crippen LogP contribution in [0.15, 0.2) is 60.7 Å². The largest absolute Gasteiger partial charge is 0.496 e. The Balaban J connectivity index is 1.54. The van der Waals surface area contributed by atoms with Gasteiger partial charge in [-0.15, -0.1) is 0 Å². The highest BCUT2D eigenvalue weighted by molar-refractivity contribution is 7.91. The maximum Gasteiger partial charge on any atom is 0.271 e. The molecule has 3 aromatic rings. The molecule has 8 heteroatoms. The van der Waals surface area contributed by atoms with Gasteiger partial charge in [0.05, 0.1) is 23.8 Å². The molecule has 1 fully saturated rings. The van der Waals surface area contributed by atoms with Gasteiger partial charge in [-0.2, -0.15) is 5.10 Å². The zero-order valence-electron chi connectivity index (χ0n) is 16.6. The van der Waals surface area contributed by atoms with Gasteiger partial charge in [-0.05, 0) is 30.2 Å². The van der Waals surface area contributed by atoms with E-state index in [0.29, 0.717) is 30.1 Å². The van der Waals surface area contributed by atoms with Crippen molar-refractivity contribution in [1.29, 1.82) is 0 Å². The highest BCUT2D eigenvalue weighted by Gasteiger charge is 2.33. The molecular formula is C22H23N3O4S. The van der Waals surface area contributed by atoms with Gasteiger partial charge >= 0.3 is 0 Å². The van der Waals surface area contributed by atoms with Crippen molar-refractivity contribution in [1.82, 2.24) is 15.1 Å². The van der Waals surface area contributed by atoms with E-state index < -0.39 is 15.1 Å². The molecule has 1 saturated heterocycles. The van der Waals surface area contributed by atoms with Crippen molar-refractivity contribution in [3.05, 3.63) is 71.9 Å². The Morgan fingerprint density at radius 3 is 2.60 bits per heavy atom. The Morgan fingerprint density at radius 1 is 1.10 bits per heavy atom. The van der Waals surface area contributed by atoms with Crippen LogP contribution in [0.5, 0.6) is 5.75 Å². The number of benzene rings is 2. The molecule has 1 amide bonds. The molecule has 0 bridgehead atoms. The summed E-state index contributed by atoms with van der Waals surface area (Å²) in [5, 5.41) is 6.45. The molecule has 2 heterocycles. The van der Waals surface area contributed by atoms with Crippen LogP contribution in [-0.2, 0) is 9.84 Å². The van der Waals surface area contributed by atoms with Crippen LogP contribution in [0.3, 0.4) is 0 Å². The second-order valence-electron chi connectivity index (χ2n) is 7.21. The average Bonchev–Trinajstić information content (AvgIpc) is 3.20. The Bertz CT molecular complexity index is 1140. The first kappa shape index (κ1) is 20.2. The number of ether oxygens (including phenoxy) is 1. The Kier molecular flexibility index (Phi) is 5.59. The average molecular weight is 426 g/mol. The second kappa shape index (κ2) is 8.31. The number of para-hydroxylation sites is 1. The van der Waals surface area contributed by atoms with Crippen molar-refractivity contribution in [2.45, 2.75) is 11.7 Å². The van der Waals surface area contributed by atoms with E-state index in [-0.39, 0.29) is 18.2 Å². The van der Waals surface area contributed by atoms with Crippen LogP contribution in [0.1, 0.15) is 27.7 Å². The van der Waals surface area contributed by atoms with Crippen LogP contribution in [-0.4, -0.2) is 55.4 Å². The Labute approximate surface area is 175 Å². The number of sulfone groups is 1. The van der Waals surface area contributed by atoms with Crippen LogP contribution in [0.25, 0.3) is 11.3 Å². The molecule has 1 unspecified atom stereocenters. The molecule has 0 radical (unpaired) electrons. The minimum Gasteiger partial charge on any atom is -0.496 e. The van der Waals surface area contributed by atoms with E-state index in [4.69, 9.17) is 4.74 Å². The van der Waals surface area contributed by atoms with Crippen molar-refractivity contribution in [3.63, 3.8) is 0 Å². The maximum atomic E-state index is 13.0. The maximum absolute atomic E-state index is 13.0. The molecule has 4 rings (SSSR count). The summed E-state index contributed by atoms with van der Waals surface area (Å²) in [6, 6.07) is 18.3. The smallest absolute Gasteiger partial charge is 0.271 e. The fourth-order valence-electron chi connectivity index (χ4n) is 3.78. The summed E-state index contributed by atoms with van der Waals surface area (Å²) < 4.78 is 31.0. The quantitative estimate of drug-likeness (QED) is 0.693. The number of carbonyl (C=O) groups is 1. The molecule has 1 aromatic heterocycles. The summed E-state index contributed by atoms with van der Waals surface area (Å²) in [4.78, 5) is 14.6. The van der Waals surface area contributed by atoms with Gasteiger partial charge in [0.2, 0.25) is 0 Å². The topological polar surface area (TPSA) is 92.4 Å². The van der Waals surface area contributed by atoms with E-state index in [0.717, 1.165) is 11.1 Å². The minimum absolute atomic E-state index is 0.0637. The van der Waals surface area contributed by atoms with Crippen molar-refractivity contribution in [3.8, 4) is 17.0 Å². The van der Waals surface area contributed by atoms with E-state index >= 15 is 0 Å². The standard InChI is InChI=1S/C22H23N3O4S/c1-29-20-10-6-5-9-17(20)18-15-19(24-23-18)22(26)25-12-11-21(30(27,28)14-13-25)16-7-3-2-4-8-16/h2-10,15,21H,11-14H2,1H3,(H,23,24). The second-order valence-corrected chi connectivity index (χ2v) is 9.52. The molecule has 7 nitrogen and oxygen atoms in total. The third kappa shape index (κ3) is 3.95. The molecule has 1 aliphatic rings.